The molecule has 1 amide bonds. The number of amides is 1. The second-order valence-electron chi connectivity index (χ2n) is 4.61. The fourth-order valence-electron chi connectivity index (χ4n) is 1.90. The van der Waals surface area contributed by atoms with Crippen LogP contribution < -0.4 is 5.32 Å². The number of carbonyl (C=O) groups excluding carboxylic acids is 1. The Morgan fingerprint density at radius 2 is 2.05 bits per heavy atom. The van der Waals surface area contributed by atoms with E-state index in [1.807, 2.05) is 17.7 Å². The molecule has 2 rings (SSSR count). The zero-order valence-electron chi connectivity index (χ0n) is 11.7. The molecule has 0 aliphatic rings. The number of rotatable bonds is 6. The van der Waals surface area contributed by atoms with E-state index in [4.69, 9.17) is 0 Å². The van der Waals surface area contributed by atoms with Gasteiger partial charge in [0.25, 0.3) is 11.6 Å². The molecule has 7 nitrogen and oxygen atoms in total. The minimum absolute atomic E-state index is 0.0271. The lowest BCUT2D eigenvalue weighted by Gasteiger charge is -2.06. The first-order chi connectivity index (χ1) is 10.1. The van der Waals surface area contributed by atoms with Gasteiger partial charge in [-0.25, -0.2) is 0 Å². The maximum atomic E-state index is 11.9. The molecule has 7 heteroatoms. The van der Waals surface area contributed by atoms with Gasteiger partial charge in [-0.1, -0.05) is 0 Å². The zero-order valence-corrected chi connectivity index (χ0v) is 11.7. The van der Waals surface area contributed by atoms with Crippen molar-refractivity contribution in [3.05, 3.63) is 57.9 Å². The van der Waals surface area contributed by atoms with E-state index >= 15 is 0 Å². The normalized spacial score (nSPS) is 10.3. The van der Waals surface area contributed by atoms with Gasteiger partial charge in [0.2, 0.25) is 0 Å². The second kappa shape index (κ2) is 6.65. The highest BCUT2D eigenvalue weighted by Gasteiger charge is 2.08. The number of nitro benzene ring substituents is 1. The SMILES string of the molecule is Cc1ccnn1CCCNC(=O)c1ccc([N+](=O)[O-])cc1. The second-order valence-corrected chi connectivity index (χ2v) is 4.61. The third-order valence-corrected chi connectivity index (χ3v) is 3.10. The van der Waals surface area contributed by atoms with Crippen LogP contribution in [0.2, 0.25) is 0 Å². The average molecular weight is 288 g/mol. The van der Waals surface area contributed by atoms with Crippen molar-refractivity contribution >= 4 is 11.6 Å². The van der Waals surface area contributed by atoms with Crippen LogP contribution in [0, 0.1) is 17.0 Å². The van der Waals surface area contributed by atoms with Crippen LogP contribution in [-0.4, -0.2) is 27.2 Å². The molecule has 1 heterocycles. The van der Waals surface area contributed by atoms with Crippen molar-refractivity contribution in [2.75, 3.05) is 6.54 Å². The Balaban J connectivity index is 1.79. The van der Waals surface area contributed by atoms with Gasteiger partial charge in [-0.2, -0.15) is 5.10 Å². The summed E-state index contributed by atoms with van der Waals surface area (Å²) >= 11 is 0. The summed E-state index contributed by atoms with van der Waals surface area (Å²) in [5.74, 6) is -0.234. The number of non-ortho nitro benzene ring substituents is 1. The molecule has 0 atom stereocenters. The molecule has 21 heavy (non-hydrogen) atoms. The number of benzene rings is 1. The topological polar surface area (TPSA) is 90.1 Å². The van der Waals surface area contributed by atoms with Crippen molar-refractivity contribution in [1.82, 2.24) is 15.1 Å². The molecule has 0 aliphatic carbocycles. The van der Waals surface area contributed by atoms with Gasteiger partial charge in [0, 0.05) is 42.7 Å². The molecule has 0 spiro atoms. The Kier molecular flexibility index (Phi) is 4.65. The van der Waals surface area contributed by atoms with E-state index < -0.39 is 4.92 Å². The third-order valence-electron chi connectivity index (χ3n) is 3.10. The lowest BCUT2D eigenvalue weighted by atomic mass is 10.2. The van der Waals surface area contributed by atoms with E-state index in [1.165, 1.54) is 24.3 Å². The molecule has 0 saturated heterocycles. The van der Waals surface area contributed by atoms with E-state index in [0.29, 0.717) is 12.1 Å². The molecule has 0 radical (unpaired) electrons. The van der Waals surface area contributed by atoms with E-state index in [9.17, 15) is 14.9 Å². The quantitative estimate of drug-likeness (QED) is 0.499. The monoisotopic (exact) mass is 288 g/mol. The van der Waals surface area contributed by atoms with Crippen molar-refractivity contribution in [3.63, 3.8) is 0 Å². The Morgan fingerprint density at radius 3 is 2.62 bits per heavy atom. The summed E-state index contributed by atoms with van der Waals surface area (Å²) in [6, 6.07) is 7.47. The Morgan fingerprint density at radius 1 is 1.33 bits per heavy atom. The third kappa shape index (κ3) is 3.88. The molecular weight excluding hydrogens is 272 g/mol. The van der Waals surface area contributed by atoms with Crippen molar-refractivity contribution in [1.29, 1.82) is 0 Å². The summed E-state index contributed by atoms with van der Waals surface area (Å²) in [4.78, 5) is 21.9. The van der Waals surface area contributed by atoms with Gasteiger partial charge in [-0.15, -0.1) is 0 Å². The fraction of sp³-hybridized carbons (Fsp3) is 0.286. The fourth-order valence-corrected chi connectivity index (χ4v) is 1.90. The largest absolute Gasteiger partial charge is 0.352 e. The number of carbonyl (C=O) groups is 1. The number of hydrogen-bond acceptors (Lipinski definition) is 4. The van der Waals surface area contributed by atoms with Crippen molar-refractivity contribution in [2.45, 2.75) is 19.9 Å². The number of hydrogen-bond donors (Lipinski definition) is 1. The maximum absolute atomic E-state index is 11.9. The number of nitrogens with zero attached hydrogens (tertiary/aromatic N) is 3. The van der Waals surface area contributed by atoms with Gasteiger partial charge in [-0.3, -0.25) is 19.6 Å². The molecule has 0 aliphatic heterocycles. The van der Waals surface area contributed by atoms with Crippen LogP contribution in [0.5, 0.6) is 0 Å². The molecule has 0 saturated carbocycles. The Hall–Kier alpha value is -2.70. The first kappa shape index (κ1) is 14.7. The van der Waals surface area contributed by atoms with E-state index in [2.05, 4.69) is 10.4 Å². The Labute approximate surface area is 121 Å². The van der Waals surface area contributed by atoms with Gasteiger partial charge in [0.1, 0.15) is 0 Å². The average Bonchev–Trinajstić information content (AvgIpc) is 2.89. The minimum atomic E-state index is -0.492. The van der Waals surface area contributed by atoms with Crippen LogP contribution in [0.25, 0.3) is 0 Å². The van der Waals surface area contributed by atoms with Gasteiger partial charge in [0.05, 0.1) is 4.92 Å². The highest BCUT2D eigenvalue weighted by Crippen LogP contribution is 2.11. The van der Waals surface area contributed by atoms with Gasteiger partial charge in [0.15, 0.2) is 0 Å². The van der Waals surface area contributed by atoms with Crippen LogP contribution in [0.3, 0.4) is 0 Å². The first-order valence-electron chi connectivity index (χ1n) is 6.59. The molecule has 110 valence electrons. The lowest BCUT2D eigenvalue weighted by Crippen LogP contribution is -2.25. The molecule has 1 aromatic carbocycles. The van der Waals surface area contributed by atoms with E-state index in [-0.39, 0.29) is 11.6 Å². The predicted molar refractivity (Wildman–Crippen MR) is 77.0 cm³/mol. The van der Waals surface area contributed by atoms with Gasteiger partial charge in [-0.05, 0) is 31.5 Å². The van der Waals surface area contributed by atoms with Gasteiger partial charge >= 0.3 is 0 Å². The summed E-state index contributed by atoms with van der Waals surface area (Å²) in [5.41, 5.74) is 1.47. The number of aromatic nitrogens is 2. The number of nitrogens with one attached hydrogen (secondary N) is 1. The summed E-state index contributed by atoms with van der Waals surface area (Å²) in [6.45, 7) is 3.23. The molecule has 1 N–H and O–H groups in total. The smallest absolute Gasteiger partial charge is 0.269 e. The molecular formula is C14H16N4O3. The van der Waals surface area contributed by atoms with Crippen molar-refractivity contribution in [2.24, 2.45) is 0 Å². The predicted octanol–water partition coefficient (Wildman–Crippen LogP) is 1.92. The Bertz CT molecular complexity index is 634. The van der Waals surface area contributed by atoms with Crippen LogP contribution in [0.15, 0.2) is 36.5 Å². The van der Waals surface area contributed by atoms with Crippen LogP contribution in [-0.2, 0) is 6.54 Å². The number of aryl methyl sites for hydroxylation is 2. The molecule has 2 aromatic rings. The minimum Gasteiger partial charge on any atom is -0.352 e. The highest BCUT2D eigenvalue weighted by atomic mass is 16.6. The maximum Gasteiger partial charge on any atom is 0.269 e. The molecule has 1 aromatic heterocycles. The molecule has 0 unspecified atom stereocenters. The van der Waals surface area contributed by atoms with E-state index in [0.717, 1.165) is 18.7 Å². The van der Waals surface area contributed by atoms with Gasteiger partial charge < -0.3 is 5.32 Å². The van der Waals surface area contributed by atoms with Crippen LogP contribution in [0.1, 0.15) is 22.5 Å². The van der Waals surface area contributed by atoms with Crippen molar-refractivity contribution in [3.8, 4) is 0 Å². The number of nitro groups is 1. The van der Waals surface area contributed by atoms with Crippen LogP contribution in [0.4, 0.5) is 5.69 Å². The molecule has 0 bridgehead atoms. The summed E-state index contributed by atoms with van der Waals surface area (Å²) in [6.07, 6.45) is 2.51. The summed E-state index contributed by atoms with van der Waals surface area (Å²) < 4.78 is 1.87. The summed E-state index contributed by atoms with van der Waals surface area (Å²) in [7, 11) is 0. The zero-order chi connectivity index (χ0) is 15.2. The summed E-state index contributed by atoms with van der Waals surface area (Å²) in [5, 5.41) is 17.5. The first-order valence-corrected chi connectivity index (χ1v) is 6.59. The lowest BCUT2D eigenvalue weighted by molar-refractivity contribution is -0.384. The van der Waals surface area contributed by atoms with E-state index in [1.54, 1.807) is 6.20 Å². The van der Waals surface area contributed by atoms with Crippen LogP contribution >= 0.6 is 0 Å². The standard InChI is InChI=1S/C14H16N4O3/c1-11-7-9-16-17(11)10-2-8-15-14(19)12-3-5-13(6-4-12)18(20)21/h3-7,9H,2,8,10H2,1H3,(H,15,19). The van der Waals surface area contributed by atoms with Crippen molar-refractivity contribution < 1.29 is 9.72 Å². The molecule has 0 fully saturated rings. The highest BCUT2D eigenvalue weighted by molar-refractivity contribution is 5.94.